The summed E-state index contributed by atoms with van der Waals surface area (Å²) >= 11 is 0. The van der Waals surface area contributed by atoms with E-state index in [1.165, 1.54) is 5.57 Å². The molecular weight excluding hydrogens is 1740 g/mol. The van der Waals surface area contributed by atoms with E-state index in [9.17, 15) is 0 Å². The molecule has 0 aliphatic heterocycles. The van der Waals surface area contributed by atoms with Gasteiger partial charge < -0.3 is 46.1 Å². The molecule has 27 aromatic rings. The van der Waals surface area contributed by atoms with E-state index in [1.54, 1.807) is 0 Å². The topological polar surface area (TPSA) is 91.8 Å². The Bertz CT molecular complexity index is 9780. The molecule has 0 amide bonds. The van der Waals surface area contributed by atoms with Crippen molar-refractivity contribution in [2.75, 3.05) is 19.6 Å². The van der Waals surface area contributed by atoms with Crippen molar-refractivity contribution in [3.05, 3.63) is 495 Å². The maximum absolute atomic E-state index is 6.69. The molecule has 0 N–H and O–H groups in total. The first-order valence-electron chi connectivity index (χ1n) is 48.3. The van der Waals surface area contributed by atoms with Gasteiger partial charge in [-0.2, -0.15) is 0 Å². The van der Waals surface area contributed by atoms with Gasteiger partial charge in [-0.25, -0.2) is 0 Å². The molecule has 28 rings (SSSR count). The second-order valence-electron chi connectivity index (χ2n) is 36.9. The maximum Gasteiger partial charge on any atom is 0.143 e. The number of hydrogen-bond donors (Lipinski definition) is 0. The molecule has 1 aliphatic carbocycles. The third kappa shape index (κ3) is 13.9. The van der Waals surface area contributed by atoms with E-state index >= 15 is 0 Å². The fourth-order valence-electron chi connectivity index (χ4n) is 21.8. The van der Waals surface area contributed by atoms with Gasteiger partial charge in [0.15, 0.2) is 0 Å². The molecular formula is C132H84N4O6. The van der Waals surface area contributed by atoms with Crippen LogP contribution < -0.4 is 30.2 Å². The number of nitrogens with zero attached hydrogens (tertiary/aromatic N) is 4. The van der Waals surface area contributed by atoms with Crippen LogP contribution in [0.4, 0.5) is 68.2 Å². The number of furan rings is 6. The van der Waals surface area contributed by atoms with E-state index in [0.29, 0.717) is 0 Å². The smallest absolute Gasteiger partial charge is 0.143 e. The highest BCUT2D eigenvalue weighted by atomic mass is 16.3. The average Bonchev–Trinajstić information content (AvgIpc) is 1.58. The Morgan fingerprint density at radius 1 is 0.162 bits per heavy atom. The molecule has 0 fully saturated rings. The number of fused-ring (bicyclic) bond motifs is 18. The molecule has 10 nitrogen and oxygen atoms in total. The molecule has 668 valence electrons. The molecule has 21 aromatic carbocycles. The van der Waals surface area contributed by atoms with Crippen LogP contribution in [0.3, 0.4) is 0 Å². The third-order valence-corrected chi connectivity index (χ3v) is 28.7. The molecule has 1 aliphatic rings. The minimum absolute atomic E-state index is 0.154. The fraction of sp³-hybridized carbons (Fsp3) is 0.0152. The first-order valence-corrected chi connectivity index (χ1v) is 48.3. The summed E-state index contributed by atoms with van der Waals surface area (Å²) in [6.45, 7) is 2.27. The lowest BCUT2D eigenvalue weighted by molar-refractivity contribution is 0.572. The SMILES string of the molecule is CC1C=c2c(oc3ccccc23)=C1c1ccc(N(c2ccc(-c3ccc(N(c4ccc(-c5cccc6c5oc5ccccc56)cc4)c4ccc(N(c5ccc(-c6ccc7oc8ccccc8c7c6)cc5)c5ccc(-c6cccc7c6oc6ccccc67)cc5)cc4)cc3)cc2)c2ccc(N(c3ccc(-c4ccc5oc6ccccc6c5c4)cc3)c3ccc(-c4cccc5c4oc4ccccc45)cc3)cc2)cc1. The van der Waals surface area contributed by atoms with Crippen molar-refractivity contribution >= 4 is 201 Å². The zero-order valence-electron chi connectivity index (χ0n) is 77.0. The minimum Gasteiger partial charge on any atom is -0.456 e. The minimum atomic E-state index is 0.154. The van der Waals surface area contributed by atoms with Crippen molar-refractivity contribution in [3.63, 3.8) is 0 Å². The number of benzene rings is 21. The van der Waals surface area contributed by atoms with Gasteiger partial charge in [0.1, 0.15) is 66.8 Å². The molecule has 0 saturated carbocycles. The molecule has 10 heteroatoms. The van der Waals surface area contributed by atoms with Crippen LogP contribution in [0.5, 0.6) is 0 Å². The number of para-hydroxylation sites is 9. The Morgan fingerprint density at radius 3 is 0.669 bits per heavy atom. The van der Waals surface area contributed by atoms with Crippen molar-refractivity contribution in [1.82, 2.24) is 0 Å². The third-order valence-electron chi connectivity index (χ3n) is 28.7. The van der Waals surface area contributed by atoms with Gasteiger partial charge in [0.05, 0.1) is 0 Å². The zero-order valence-corrected chi connectivity index (χ0v) is 77.0. The van der Waals surface area contributed by atoms with E-state index in [4.69, 9.17) is 26.5 Å². The van der Waals surface area contributed by atoms with Gasteiger partial charge in [-0.05, 0) is 262 Å². The summed E-state index contributed by atoms with van der Waals surface area (Å²) in [7, 11) is 0. The Labute approximate surface area is 816 Å². The lowest BCUT2D eigenvalue weighted by Gasteiger charge is -2.29. The standard InChI is InChI=1S/C132H84N4O6/c1-82-79-119-113-22-7-13-34-125(113)142-132(119)128(82)90-49-67-100(68-50-90)136(104-75-73-103(74-76-104)135(96-59-41-86(42-60-96)92-52-78-127-118(81-92)112-21-6-9-30-121(112)138-127)99-65-47-89(48-66-99)107-25-16-28-116-110-19-4-12-33-124(110)141-131(107)116)94-55-37-84(38-56-94)83-35-53-93(54-36-83)133(97-61-43-87(44-62-97)105-23-14-26-114-108-17-2-10-31-122(108)139-129(105)114)101-69-71-102(72-70-101)134(95-57-39-85(40-58-95)91-51-77-126-117(80-91)111-20-5-8-29-120(111)137-126)98-63-45-88(46-64-98)106-24-15-27-115-109-18-3-11-32-123(109)140-130(106)115/h2-82H,1H3. The highest BCUT2D eigenvalue weighted by Crippen LogP contribution is 2.49. The Kier molecular flexibility index (Phi) is 19.1. The van der Waals surface area contributed by atoms with Gasteiger partial charge in [0, 0.05) is 161 Å². The predicted molar refractivity (Wildman–Crippen MR) is 586 cm³/mol. The summed E-state index contributed by atoms with van der Waals surface area (Å²) < 4.78 is 39.1. The van der Waals surface area contributed by atoms with Gasteiger partial charge in [-0.1, -0.05) is 286 Å². The normalized spacial score (nSPS) is 12.7. The quantitative estimate of drug-likeness (QED) is 0.0779. The number of hydrogen-bond acceptors (Lipinski definition) is 10. The summed E-state index contributed by atoms with van der Waals surface area (Å²) in [6, 6.07) is 171. The van der Waals surface area contributed by atoms with Crippen LogP contribution in [0, 0.1) is 5.92 Å². The molecule has 0 saturated heterocycles. The van der Waals surface area contributed by atoms with Gasteiger partial charge in [-0.15, -0.1) is 0 Å². The average molecular weight is 1820 g/mol. The van der Waals surface area contributed by atoms with Gasteiger partial charge in [0.25, 0.3) is 0 Å². The number of rotatable bonds is 19. The van der Waals surface area contributed by atoms with Crippen LogP contribution in [0.15, 0.2) is 506 Å². The van der Waals surface area contributed by atoms with Crippen LogP contribution in [-0.2, 0) is 0 Å². The molecule has 6 aromatic heterocycles. The van der Waals surface area contributed by atoms with Crippen molar-refractivity contribution < 1.29 is 26.5 Å². The molecule has 142 heavy (non-hydrogen) atoms. The summed E-state index contributed by atoms with van der Waals surface area (Å²) in [5, 5.41) is 13.3. The molecule has 1 unspecified atom stereocenters. The molecule has 0 radical (unpaired) electrons. The predicted octanol–water partition coefficient (Wildman–Crippen LogP) is 36.4. The van der Waals surface area contributed by atoms with Crippen LogP contribution in [0.1, 0.15) is 12.5 Å². The number of anilines is 12. The molecule has 0 spiro atoms. The molecule has 0 bridgehead atoms. The van der Waals surface area contributed by atoms with E-state index in [0.717, 1.165) is 272 Å². The lowest BCUT2D eigenvalue weighted by Crippen LogP contribution is -2.18. The maximum atomic E-state index is 6.69. The van der Waals surface area contributed by atoms with E-state index < -0.39 is 0 Å². The van der Waals surface area contributed by atoms with Crippen molar-refractivity contribution in [2.24, 2.45) is 5.92 Å². The van der Waals surface area contributed by atoms with E-state index in [-0.39, 0.29) is 5.92 Å². The van der Waals surface area contributed by atoms with E-state index in [2.05, 4.69) is 445 Å². The molecule has 6 heterocycles. The van der Waals surface area contributed by atoms with Crippen LogP contribution in [-0.4, -0.2) is 0 Å². The lowest BCUT2D eigenvalue weighted by atomic mass is 9.96. The van der Waals surface area contributed by atoms with Crippen molar-refractivity contribution in [3.8, 4) is 66.8 Å². The Hall–Kier alpha value is -18.9. The van der Waals surface area contributed by atoms with Crippen LogP contribution >= 0.6 is 0 Å². The Morgan fingerprint density at radius 2 is 0.373 bits per heavy atom. The first kappa shape index (κ1) is 81.5. The van der Waals surface area contributed by atoms with Crippen LogP contribution in [0.2, 0.25) is 0 Å². The van der Waals surface area contributed by atoms with Crippen molar-refractivity contribution in [2.45, 2.75) is 6.92 Å². The first-order chi connectivity index (χ1) is 70.2. The van der Waals surface area contributed by atoms with Crippen molar-refractivity contribution in [1.29, 1.82) is 0 Å². The Balaban J connectivity index is 0.532. The largest absolute Gasteiger partial charge is 0.456 e. The van der Waals surface area contributed by atoms with Gasteiger partial charge in [-0.3, -0.25) is 0 Å². The van der Waals surface area contributed by atoms with Gasteiger partial charge >= 0.3 is 0 Å². The second kappa shape index (κ2) is 33.2. The monoisotopic (exact) mass is 1820 g/mol. The van der Waals surface area contributed by atoms with Crippen LogP contribution in [0.25, 0.3) is 199 Å². The van der Waals surface area contributed by atoms with E-state index in [1.807, 2.05) is 66.7 Å². The summed E-state index contributed by atoms with van der Waals surface area (Å²) in [6.07, 6.45) is 2.35. The zero-order chi connectivity index (χ0) is 93.6. The fourth-order valence-corrected chi connectivity index (χ4v) is 21.8. The summed E-state index contributed by atoms with van der Waals surface area (Å²) in [5.74, 6) is 0.154. The highest BCUT2D eigenvalue weighted by molar-refractivity contribution is 6.14. The highest BCUT2D eigenvalue weighted by Gasteiger charge is 2.27. The second-order valence-corrected chi connectivity index (χ2v) is 36.9. The van der Waals surface area contributed by atoms with Gasteiger partial charge in [0.2, 0.25) is 0 Å². The summed E-state index contributed by atoms with van der Waals surface area (Å²) in [5.41, 5.74) is 37.7. The summed E-state index contributed by atoms with van der Waals surface area (Å²) in [4.78, 5) is 9.40. The molecule has 1 atom stereocenters.